The molecule has 0 radical (unpaired) electrons. The lowest BCUT2D eigenvalue weighted by Gasteiger charge is -2.29. The summed E-state index contributed by atoms with van der Waals surface area (Å²) in [7, 11) is 1.68. The number of quaternary nitrogens is 1. The van der Waals surface area contributed by atoms with Crippen LogP contribution >= 0.6 is 0 Å². The molecule has 150 valence electrons. The molecule has 3 rings (SSSR count). The van der Waals surface area contributed by atoms with Crippen molar-refractivity contribution < 1.29 is 23.9 Å². The van der Waals surface area contributed by atoms with Gasteiger partial charge < -0.3 is 24.4 Å². The Labute approximate surface area is 162 Å². The lowest BCUT2D eigenvalue weighted by molar-refractivity contribution is -0.919. The van der Waals surface area contributed by atoms with Gasteiger partial charge in [-0.3, -0.25) is 4.79 Å². The topological polar surface area (TPSA) is 61.2 Å². The van der Waals surface area contributed by atoms with Crippen LogP contribution in [0, 0.1) is 5.92 Å². The van der Waals surface area contributed by atoms with Gasteiger partial charge in [-0.2, -0.15) is 0 Å². The molecule has 0 saturated carbocycles. The Bertz CT molecular complexity index is 608. The Morgan fingerprint density at radius 3 is 2.74 bits per heavy atom. The summed E-state index contributed by atoms with van der Waals surface area (Å²) in [6.45, 7) is 7.09. The summed E-state index contributed by atoms with van der Waals surface area (Å²) in [5.41, 5.74) is 1.24. The van der Waals surface area contributed by atoms with Crippen molar-refractivity contribution in [2.24, 2.45) is 5.92 Å². The molecule has 1 atom stereocenters. The van der Waals surface area contributed by atoms with Crippen LogP contribution in [0.25, 0.3) is 0 Å². The normalized spacial score (nSPS) is 25.2. The van der Waals surface area contributed by atoms with E-state index in [9.17, 15) is 4.79 Å². The van der Waals surface area contributed by atoms with Crippen molar-refractivity contribution in [2.75, 3.05) is 40.0 Å². The van der Waals surface area contributed by atoms with Crippen LogP contribution in [-0.4, -0.2) is 52.0 Å². The average Bonchev–Trinajstić information content (AvgIpc) is 3.21. The number of hydrogen-bond acceptors (Lipinski definition) is 4. The van der Waals surface area contributed by atoms with Gasteiger partial charge in [0.1, 0.15) is 6.54 Å². The molecule has 2 fully saturated rings. The fraction of sp³-hybridized carbons (Fsp3) is 0.667. The van der Waals surface area contributed by atoms with Crippen LogP contribution in [0.4, 0.5) is 0 Å². The van der Waals surface area contributed by atoms with Gasteiger partial charge in [0.2, 0.25) is 5.91 Å². The minimum atomic E-state index is 0.144. The molecule has 1 aromatic carbocycles. The highest BCUT2D eigenvalue weighted by Gasteiger charge is 2.28. The van der Waals surface area contributed by atoms with Gasteiger partial charge in [-0.25, -0.2) is 0 Å². The summed E-state index contributed by atoms with van der Waals surface area (Å²) in [5.74, 6) is 1.93. The first-order chi connectivity index (χ1) is 13.2. The third kappa shape index (κ3) is 5.59. The molecule has 1 amide bonds. The van der Waals surface area contributed by atoms with Gasteiger partial charge in [-0.05, 0) is 38.0 Å². The van der Waals surface area contributed by atoms with Gasteiger partial charge in [0.15, 0.2) is 11.5 Å². The minimum Gasteiger partial charge on any atom is -0.493 e. The number of rotatable bonds is 8. The number of nitrogens with one attached hydrogen (secondary N) is 2. The predicted molar refractivity (Wildman–Crippen MR) is 103 cm³/mol. The monoisotopic (exact) mass is 377 g/mol. The van der Waals surface area contributed by atoms with E-state index in [0.717, 1.165) is 63.4 Å². The lowest BCUT2D eigenvalue weighted by atomic mass is 9.95. The summed E-state index contributed by atoms with van der Waals surface area (Å²) < 4.78 is 16.6. The molecule has 6 heteroatoms. The van der Waals surface area contributed by atoms with E-state index < -0.39 is 0 Å². The Morgan fingerprint density at radius 2 is 2.07 bits per heavy atom. The molecule has 0 bridgehead atoms. The molecule has 2 heterocycles. The van der Waals surface area contributed by atoms with E-state index in [1.165, 1.54) is 10.5 Å². The summed E-state index contributed by atoms with van der Waals surface area (Å²) in [5, 5.41) is 3.09. The molecule has 2 N–H and O–H groups in total. The second-order valence-corrected chi connectivity index (χ2v) is 7.50. The molecule has 0 aromatic heterocycles. The van der Waals surface area contributed by atoms with Crippen molar-refractivity contribution >= 4 is 5.91 Å². The van der Waals surface area contributed by atoms with Gasteiger partial charge in [-0.15, -0.1) is 0 Å². The average molecular weight is 378 g/mol. The van der Waals surface area contributed by atoms with Crippen LogP contribution in [0.3, 0.4) is 0 Å². The lowest BCUT2D eigenvalue weighted by Crippen LogP contribution is -3.11. The zero-order valence-corrected chi connectivity index (χ0v) is 16.6. The van der Waals surface area contributed by atoms with Crippen molar-refractivity contribution in [2.45, 2.75) is 45.3 Å². The maximum atomic E-state index is 12.4. The third-order valence-electron chi connectivity index (χ3n) is 5.57. The van der Waals surface area contributed by atoms with Crippen molar-refractivity contribution in [3.05, 3.63) is 23.8 Å². The van der Waals surface area contributed by atoms with E-state index in [-0.39, 0.29) is 17.9 Å². The number of ether oxygens (including phenoxy) is 3. The SMILES string of the molecule is CCOc1ccc(C[NH+]2CCC(C(=O)NC[C@@H]3CCCO3)CC2)cc1OC. The Hall–Kier alpha value is -1.79. The summed E-state index contributed by atoms with van der Waals surface area (Å²) in [4.78, 5) is 13.9. The van der Waals surface area contributed by atoms with Gasteiger partial charge in [0.25, 0.3) is 0 Å². The van der Waals surface area contributed by atoms with Crippen LogP contribution in [0.15, 0.2) is 18.2 Å². The van der Waals surface area contributed by atoms with E-state index in [2.05, 4.69) is 17.4 Å². The highest BCUT2D eigenvalue weighted by Crippen LogP contribution is 2.27. The van der Waals surface area contributed by atoms with E-state index in [4.69, 9.17) is 14.2 Å². The fourth-order valence-corrected chi connectivity index (χ4v) is 4.01. The summed E-state index contributed by atoms with van der Waals surface area (Å²) in [6.07, 6.45) is 4.28. The number of carbonyl (C=O) groups is 1. The van der Waals surface area contributed by atoms with E-state index >= 15 is 0 Å². The maximum Gasteiger partial charge on any atom is 0.223 e. The Morgan fingerprint density at radius 1 is 1.26 bits per heavy atom. The van der Waals surface area contributed by atoms with Crippen LogP contribution in [0.1, 0.15) is 38.2 Å². The molecule has 2 saturated heterocycles. The number of piperidine rings is 1. The standard InChI is InChI=1S/C21H32N2O4/c1-3-26-19-7-6-16(13-20(19)25-2)15-23-10-8-17(9-11-23)21(24)22-14-18-5-4-12-27-18/h6-7,13,17-18H,3-5,8-12,14-15H2,1-2H3,(H,22,24)/p+1/t18-/m0/s1. The maximum absolute atomic E-state index is 12.4. The smallest absolute Gasteiger partial charge is 0.223 e. The molecule has 27 heavy (non-hydrogen) atoms. The first-order valence-corrected chi connectivity index (χ1v) is 10.2. The van der Waals surface area contributed by atoms with Crippen LogP contribution in [0.2, 0.25) is 0 Å². The number of carbonyl (C=O) groups excluding carboxylic acids is 1. The number of hydrogen-bond donors (Lipinski definition) is 2. The number of methoxy groups -OCH3 is 1. The van der Waals surface area contributed by atoms with Gasteiger partial charge in [0.05, 0.1) is 32.9 Å². The van der Waals surface area contributed by atoms with Crippen LogP contribution in [0.5, 0.6) is 11.5 Å². The summed E-state index contributed by atoms with van der Waals surface area (Å²) in [6, 6.07) is 6.17. The number of likely N-dealkylation sites (tertiary alicyclic amines) is 1. The van der Waals surface area contributed by atoms with Crippen molar-refractivity contribution in [3.8, 4) is 11.5 Å². The highest BCUT2D eigenvalue weighted by atomic mass is 16.5. The second kappa shape index (κ2) is 9.95. The Kier molecular flexibility index (Phi) is 7.35. The zero-order valence-electron chi connectivity index (χ0n) is 16.6. The highest BCUT2D eigenvalue weighted by molar-refractivity contribution is 5.78. The molecule has 2 aliphatic heterocycles. The molecule has 6 nitrogen and oxygen atoms in total. The van der Waals surface area contributed by atoms with Gasteiger partial charge >= 0.3 is 0 Å². The third-order valence-corrected chi connectivity index (χ3v) is 5.57. The molecule has 1 aromatic rings. The Balaban J connectivity index is 1.44. The first kappa shape index (κ1) is 20.0. The molecule has 0 aliphatic carbocycles. The number of amides is 1. The number of benzene rings is 1. The fourth-order valence-electron chi connectivity index (χ4n) is 4.01. The largest absolute Gasteiger partial charge is 0.493 e. The molecular formula is C21H33N2O4+. The van der Waals surface area contributed by atoms with Crippen LogP contribution in [-0.2, 0) is 16.1 Å². The van der Waals surface area contributed by atoms with Gasteiger partial charge in [-0.1, -0.05) is 0 Å². The van der Waals surface area contributed by atoms with E-state index in [0.29, 0.717) is 13.2 Å². The van der Waals surface area contributed by atoms with E-state index in [1.807, 2.05) is 13.0 Å². The molecule has 0 unspecified atom stereocenters. The molecular weight excluding hydrogens is 344 g/mol. The quantitative estimate of drug-likeness (QED) is 0.714. The zero-order chi connectivity index (χ0) is 19.1. The first-order valence-electron chi connectivity index (χ1n) is 10.2. The van der Waals surface area contributed by atoms with Gasteiger partial charge in [0, 0.05) is 37.5 Å². The second-order valence-electron chi connectivity index (χ2n) is 7.50. The predicted octanol–water partition coefficient (Wildman–Crippen LogP) is 1.18. The van der Waals surface area contributed by atoms with Crippen molar-refractivity contribution in [3.63, 3.8) is 0 Å². The van der Waals surface area contributed by atoms with Crippen molar-refractivity contribution in [1.82, 2.24) is 5.32 Å². The van der Waals surface area contributed by atoms with Crippen LogP contribution < -0.4 is 19.7 Å². The summed E-state index contributed by atoms with van der Waals surface area (Å²) >= 11 is 0. The molecule has 2 aliphatic rings. The van der Waals surface area contributed by atoms with Crippen molar-refractivity contribution in [1.29, 1.82) is 0 Å². The van der Waals surface area contributed by atoms with E-state index in [1.54, 1.807) is 7.11 Å². The minimum absolute atomic E-state index is 0.144. The molecule has 0 spiro atoms.